The average Bonchev–Trinajstić information content (AvgIpc) is 2.75. The Kier molecular flexibility index (Phi) is 8.47. The predicted molar refractivity (Wildman–Crippen MR) is 117 cm³/mol. The Morgan fingerprint density at radius 3 is 2.10 bits per heavy atom. The van der Waals surface area contributed by atoms with E-state index >= 15 is 0 Å². The molecular weight excluding hydrogens is 449 g/mol. The van der Waals surface area contributed by atoms with Gasteiger partial charge in [0, 0.05) is 24.3 Å². The van der Waals surface area contributed by atoms with E-state index in [-0.39, 0.29) is 27.9 Å². The van der Waals surface area contributed by atoms with Gasteiger partial charge in [-0.1, -0.05) is 23.2 Å². The van der Waals surface area contributed by atoms with Crippen molar-refractivity contribution >= 4 is 46.3 Å². The number of anilines is 1. The minimum absolute atomic E-state index is 0.139. The van der Waals surface area contributed by atoms with Crippen molar-refractivity contribution in [3.05, 3.63) is 34.3 Å². The molecule has 0 aliphatic rings. The van der Waals surface area contributed by atoms with E-state index in [1.165, 1.54) is 53.6 Å². The quantitative estimate of drug-likeness (QED) is 0.420. The number of nitrogens with one attached hydrogen (secondary N) is 1. The number of rotatable bonds is 9. The maximum absolute atomic E-state index is 12.8. The van der Waals surface area contributed by atoms with Crippen molar-refractivity contribution in [2.75, 3.05) is 33.8 Å². The topological polar surface area (TPSA) is 108 Å². The van der Waals surface area contributed by atoms with Crippen LogP contribution >= 0.6 is 23.2 Å². The van der Waals surface area contributed by atoms with Gasteiger partial charge in [-0.3, -0.25) is 9.59 Å². The van der Waals surface area contributed by atoms with Gasteiger partial charge in [-0.15, -0.1) is 0 Å². The van der Waals surface area contributed by atoms with Crippen molar-refractivity contribution in [3.8, 4) is 23.0 Å². The first kappa shape index (κ1) is 24.2. The van der Waals surface area contributed by atoms with E-state index in [9.17, 15) is 9.59 Å². The Hall–Kier alpha value is -3.04. The van der Waals surface area contributed by atoms with Crippen LogP contribution in [0.4, 0.5) is 11.4 Å². The summed E-state index contributed by atoms with van der Waals surface area (Å²) in [7, 11) is 5.73. The maximum Gasteiger partial charge on any atom is 0.258 e. The van der Waals surface area contributed by atoms with Crippen LogP contribution in [0.25, 0.3) is 0 Å². The highest BCUT2D eigenvalue weighted by atomic mass is 35.5. The third kappa shape index (κ3) is 5.77. The number of ketones is 1. The molecule has 2 aromatic carbocycles. The van der Waals surface area contributed by atoms with Crippen LogP contribution in [-0.2, 0) is 9.59 Å². The molecule has 31 heavy (non-hydrogen) atoms. The minimum atomic E-state index is -1.44. The number of amides is 1. The number of Topliss-reactive ketones (excluding diaryl/α,β-unsaturated/α-hetero) is 1. The van der Waals surface area contributed by atoms with Crippen molar-refractivity contribution in [2.24, 2.45) is 10.2 Å². The lowest BCUT2D eigenvalue weighted by molar-refractivity contribution is -0.126. The monoisotopic (exact) mass is 469 g/mol. The third-order valence-electron chi connectivity index (χ3n) is 4.09. The maximum atomic E-state index is 12.8. The second kappa shape index (κ2) is 10.8. The number of ether oxygens (including phenoxy) is 4. The molecular formula is C20H21Cl2N3O6. The van der Waals surface area contributed by atoms with Gasteiger partial charge < -0.3 is 24.3 Å². The van der Waals surface area contributed by atoms with Crippen molar-refractivity contribution in [2.45, 2.75) is 13.0 Å². The van der Waals surface area contributed by atoms with Crippen molar-refractivity contribution in [3.63, 3.8) is 0 Å². The molecule has 0 aliphatic heterocycles. The van der Waals surface area contributed by atoms with Gasteiger partial charge >= 0.3 is 0 Å². The lowest BCUT2D eigenvalue weighted by Gasteiger charge is -2.14. The second-order valence-electron chi connectivity index (χ2n) is 6.07. The number of hydrogen-bond acceptors (Lipinski definition) is 8. The lowest BCUT2D eigenvalue weighted by atomic mass is 10.2. The number of carbonyl (C=O) groups is 2. The van der Waals surface area contributed by atoms with Gasteiger partial charge in [0.15, 0.2) is 5.78 Å². The highest BCUT2D eigenvalue weighted by Crippen LogP contribution is 2.38. The summed E-state index contributed by atoms with van der Waals surface area (Å²) >= 11 is 12.3. The zero-order valence-corrected chi connectivity index (χ0v) is 19.0. The Labute approximate surface area is 189 Å². The van der Waals surface area contributed by atoms with Gasteiger partial charge in [-0.25, -0.2) is 0 Å². The molecule has 1 atom stereocenters. The molecule has 1 N–H and O–H groups in total. The molecule has 1 unspecified atom stereocenters. The molecule has 0 fully saturated rings. The van der Waals surface area contributed by atoms with E-state index in [1.807, 2.05) is 0 Å². The fourth-order valence-corrected chi connectivity index (χ4v) is 2.96. The first-order valence-corrected chi connectivity index (χ1v) is 9.56. The Bertz CT molecular complexity index is 1010. The molecule has 0 heterocycles. The first-order valence-electron chi connectivity index (χ1n) is 8.80. The third-order valence-corrected chi connectivity index (χ3v) is 4.78. The first-order chi connectivity index (χ1) is 14.7. The second-order valence-corrected chi connectivity index (χ2v) is 6.85. The summed E-state index contributed by atoms with van der Waals surface area (Å²) in [6, 6.07) is 4.56. The summed E-state index contributed by atoms with van der Waals surface area (Å²) in [5.74, 6) is 0.0275. The summed E-state index contributed by atoms with van der Waals surface area (Å²) in [5.41, 5.74) is 0.416. The van der Waals surface area contributed by atoms with Gasteiger partial charge in [0.25, 0.3) is 5.91 Å². The van der Waals surface area contributed by atoms with Gasteiger partial charge in [0.1, 0.15) is 33.7 Å². The Morgan fingerprint density at radius 2 is 1.55 bits per heavy atom. The van der Waals surface area contributed by atoms with Crippen LogP contribution in [0.5, 0.6) is 23.0 Å². The fraction of sp³-hybridized carbons (Fsp3) is 0.300. The summed E-state index contributed by atoms with van der Waals surface area (Å²) in [4.78, 5) is 24.8. The van der Waals surface area contributed by atoms with Gasteiger partial charge in [-0.05, 0) is 6.92 Å². The largest absolute Gasteiger partial charge is 0.497 e. The van der Waals surface area contributed by atoms with Gasteiger partial charge in [0.2, 0.25) is 6.04 Å². The molecule has 9 nitrogen and oxygen atoms in total. The van der Waals surface area contributed by atoms with Crippen molar-refractivity contribution in [1.82, 2.24) is 0 Å². The van der Waals surface area contributed by atoms with E-state index in [0.29, 0.717) is 16.5 Å². The molecule has 0 spiro atoms. The van der Waals surface area contributed by atoms with Crippen molar-refractivity contribution < 1.29 is 28.5 Å². The zero-order valence-electron chi connectivity index (χ0n) is 17.5. The molecule has 0 aliphatic carbocycles. The number of hydrogen-bond donors (Lipinski definition) is 1. The molecule has 2 aromatic rings. The highest BCUT2D eigenvalue weighted by molar-refractivity contribution is 6.35. The molecule has 1 amide bonds. The number of methoxy groups -OCH3 is 4. The predicted octanol–water partition coefficient (Wildman–Crippen LogP) is 4.71. The SMILES string of the molecule is COc1cc(NC(=O)C(N=Nc2cc(OC)c(Cl)cc2OC)C(C)=O)c(Cl)c(OC)c1. The standard InChI is InChI=1S/C20H21Cl2N3O6/c1-10(26)19(25-24-13-9-15(29-3)12(21)8-16(13)30-4)20(27)23-14-6-11(28-2)7-17(31-5)18(14)22/h6-9,19H,1-5H3,(H,23,27). The van der Waals surface area contributed by atoms with Crippen LogP contribution in [0.15, 0.2) is 34.5 Å². The number of halogens is 2. The van der Waals surface area contributed by atoms with Crippen LogP contribution in [-0.4, -0.2) is 46.2 Å². The summed E-state index contributed by atoms with van der Waals surface area (Å²) < 4.78 is 20.7. The highest BCUT2D eigenvalue weighted by Gasteiger charge is 2.25. The molecule has 166 valence electrons. The van der Waals surface area contributed by atoms with Crippen LogP contribution in [0.3, 0.4) is 0 Å². The molecule has 0 radical (unpaired) electrons. The summed E-state index contributed by atoms with van der Waals surface area (Å²) in [6.07, 6.45) is 0. The Morgan fingerprint density at radius 1 is 0.903 bits per heavy atom. The number of nitrogens with zero attached hydrogens (tertiary/aromatic N) is 2. The van der Waals surface area contributed by atoms with Crippen LogP contribution in [0, 0.1) is 0 Å². The van der Waals surface area contributed by atoms with E-state index < -0.39 is 17.7 Å². The van der Waals surface area contributed by atoms with E-state index in [1.54, 1.807) is 6.07 Å². The molecule has 0 bridgehead atoms. The normalized spacial score (nSPS) is 11.7. The number of azo groups is 1. The molecule has 11 heteroatoms. The Balaban J connectivity index is 2.36. The molecule has 0 saturated heterocycles. The summed E-state index contributed by atoms with van der Waals surface area (Å²) in [5, 5.41) is 10.9. The molecule has 2 rings (SSSR count). The number of carbonyl (C=O) groups excluding carboxylic acids is 2. The van der Waals surface area contributed by atoms with Crippen LogP contribution in [0.2, 0.25) is 10.0 Å². The molecule has 0 saturated carbocycles. The lowest BCUT2D eigenvalue weighted by Crippen LogP contribution is -2.32. The fourth-order valence-electron chi connectivity index (χ4n) is 2.49. The minimum Gasteiger partial charge on any atom is -0.497 e. The van der Waals surface area contributed by atoms with Gasteiger partial charge in [0.05, 0.1) is 39.1 Å². The van der Waals surface area contributed by atoms with E-state index in [4.69, 9.17) is 42.1 Å². The average molecular weight is 470 g/mol. The summed E-state index contributed by atoms with van der Waals surface area (Å²) in [6.45, 7) is 1.22. The van der Waals surface area contributed by atoms with Crippen LogP contribution in [0.1, 0.15) is 6.92 Å². The van der Waals surface area contributed by atoms with Crippen LogP contribution < -0.4 is 24.3 Å². The zero-order chi connectivity index (χ0) is 23.1. The van der Waals surface area contributed by atoms with Gasteiger partial charge in [-0.2, -0.15) is 10.2 Å². The molecule has 0 aromatic heterocycles. The van der Waals surface area contributed by atoms with E-state index in [2.05, 4.69) is 15.5 Å². The smallest absolute Gasteiger partial charge is 0.258 e. The van der Waals surface area contributed by atoms with Crippen molar-refractivity contribution in [1.29, 1.82) is 0 Å². The van der Waals surface area contributed by atoms with E-state index in [0.717, 1.165) is 0 Å². The number of benzene rings is 2.